The number of nitrogens with zero attached hydrogens (tertiary/aromatic N) is 4. The number of carbonyl (C=O) groups excluding carboxylic acids is 3. The van der Waals surface area contributed by atoms with Gasteiger partial charge >= 0.3 is 22.2 Å². The number of carbonyl (C=O) groups is 5. The van der Waals surface area contributed by atoms with Gasteiger partial charge in [-0.2, -0.15) is 8.42 Å². The summed E-state index contributed by atoms with van der Waals surface area (Å²) in [5.41, 5.74) is 1.19. The molecule has 2 aromatic rings. The Kier molecular flexibility index (Phi) is 9.07. The highest BCUT2D eigenvalue weighted by Crippen LogP contribution is 2.24. The van der Waals surface area contributed by atoms with Gasteiger partial charge in [0.2, 0.25) is 11.0 Å². The van der Waals surface area contributed by atoms with Crippen molar-refractivity contribution in [3.05, 3.63) is 39.3 Å². The first-order valence-corrected chi connectivity index (χ1v) is 13.9. The van der Waals surface area contributed by atoms with Crippen LogP contribution in [0.1, 0.15) is 30.0 Å². The molecule has 2 atom stereocenters. The van der Waals surface area contributed by atoms with Crippen molar-refractivity contribution in [1.82, 2.24) is 24.5 Å². The molecule has 0 aliphatic carbocycles. The van der Waals surface area contributed by atoms with Crippen molar-refractivity contribution in [2.75, 3.05) is 12.3 Å². The predicted molar refractivity (Wildman–Crippen MR) is 142 cm³/mol. The lowest BCUT2D eigenvalue weighted by molar-refractivity contribution is -0.161. The molecule has 0 aromatic carbocycles. The highest BCUT2D eigenvalue weighted by atomic mass is 32.2. The zero-order valence-corrected chi connectivity index (χ0v) is 23.6. The van der Waals surface area contributed by atoms with Crippen LogP contribution in [0.4, 0.5) is 5.13 Å². The van der Waals surface area contributed by atoms with E-state index in [0.29, 0.717) is 16.8 Å². The molecular formula is C21H23N7O13S2. The van der Waals surface area contributed by atoms with Crippen molar-refractivity contribution in [3.8, 4) is 5.75 Å². The van der Waals surface area contributed by atoms with Crippen LogP contribution in [0.25, 0.3) is 0 Å². The summed E-state index contributed by atoms with van der Waals surface area (Å²) in [7, 11) is -5.22. The SMILES string of the molecule is CC(C)(O/N=C(\C(=O)N[C@@H]1C(=O)N(S(=O)(=O)O)[C@@H]1CNC(=O)c1cc(=O)c(O)cn1CC(=O)O)c1csc(N)n1)C(=O)O. The van der Waals surface area contributed by atoms with Gasteiger partial charge in [0.05, 0.1) is 12.2 Å². The van der Waals surface area contributed by atoms with Gasteiger partial charge in [-0.1, -0.05) is 5.16 Å². The quantitative estimate of drug-likeness (QED) is 0.0530. The Hall–Kier alpha value is -5.09. The number of carboxylic acid groups (broad SMARTS) is 2. The molecule has 8 N–H and O–H groups in total. The molecule has 3 rings (SSSR count). The Bertz CT molecular complexity index is 1700. The molecule has 20 nitrogen and oxygen atoms in total. The van der Waals surface area contributed by atoms with Crippen LogP contribution >= 0.6 is 11.3 Å². The molecule has 43 heavy (non-hydrogen) atoms. The van der Waals surface area contributed by atoms with Gasteiger partial charge in [-0.3, -0.25) is 28.5 Å². The van der Waals surface area contributed by atoms with Gasteiger partial charge in [-0.05, 0) is 13.8 Å². The number of nitrogens with two attached hydrogens (primary N) is 1. The Morgan fingerprint density at radius 1 is 1.23 bits per heavy atom. The molecule has 1 saturated heterocycles. The molecule has 0 unspecified atom stereocenters. The maximum Gasteiger partial charge on any atom is 0.362 e. The number of hydrogen-bond acceptors (Lipinski definition) is 14. The first kappa shape index (κ1) is 32.4. The number of anilines is 1. The van der Waals surface area contributed by atoms with Crippen molar-refractivity contribution < 1.29 is 57.1 Å². The van der Waals surface area contributed by atoms with Gasteiger partial charge in [0.1, 0.15) is 24.0 Å². The van der Waals surface area contributed by atoms with Gasteiger partial charge in [0.25, 0.3) is 17.7 Å². The molecule has 2 aromatic heterocycles. The molecule has 1 fully saturated rings. The number of rotatable bonds is 12. The van der Waals surface area contributed by atoms with E-state index in [1.165, 1.54) is 5.38 Å². The molecule has 22 heteroatoms. The van der Waals surface area contributed by atoms with Crippen molar-refractivity contribution in [2.24, 2.45) is 5.16 Å². The Morgan fingerprint density at radius 3 is 2.42 bits per heavy atom. The number of β-lactam (4-membered cyclic amide) rings is 1. The number of hydrogen-bond donors (Lipinski definition) is 7. The fourth-order valence-corrected chi connectivity index (χ4v) is 4.92. The third kappa shape index (κ3) is 7.22. The maximum absolute atomic E-state index is 13.1. The molecule has 1 aliphatic heterocycles. The van der Waals surface area contributed by atoms with E-state index in [9.17, 15) is 52.0 Å². The van der Waals surface area contributed by atoms with E-state index in [4.69, 9.17) is 15.7 Å². The molecule has 3 heterocycles. The molecule has 1 aliphatic rings. The van der Waals surface area contributed by atoms with Gasteiger partial charge in [0.15, 0.2) is 16.6 Å². The summed E-state index contributed by atoms with van der Waals surface area (Å²) in [5, 5.41) is 37.0. The van der Waals surface area contributed by atoms with Crippen molar-refractivity contribution in [3.63, 3.8) is 0 Å². The first-order valence-electron chi connectivity index (χ1n) is 11.6. The van der Waals surface area contributed by atoms with Crippen molar-refractivity contribution >= 4 is 62.1 Å². The lowest BCUT2D eigenvalue weighted by Gasteiger charge is -2.44. The smallest absolute Gasteiger partial charge is 0.362 e. The number of nitrogen functional groups attached to an aromatic ring is 1. The Balaban J connectivity index is 1.89. The number of aliphatic carboxylic acids is 2. The Labute approximate surface area is 244 Å². The molecule has 0 spiro atoms. The lowest BCUT2D eigenvalue weighted by Crippen LogP contribution is -2.74. The summed E-state index contributed by atoms with van der Waals surface area (Å²) in [6, 6.07) is -2.78. The summed E-state index contributed by atoms with van der Waals surface area (Å²) >= 11 is 0.871. The maximum atomic E-state index is 13.1. The highest BCUT2D eigenvalue weighted by Gasteiger charge is 2.54. The fourth-order valence-electron chi connectivity index (χ4n) is 3.49. The number of aromatic nitrogens is 2. The van der Waals surface area contributed by atoms with Gasteiger partial charge < -0.3 is 41.1 Å². The van der Waals surface area contributed by atoms with Crippen LogP contribution in [0.15, 0.2) is 27.6 Å². The minimum absolute atomic E-state index is 0.0264. The average Bonchev–Trinajstić information content (AvgIpc) is 3.31. The van der Waals surface area contributed by atoms with Crippen LogP contribution in [0.5, 0.6) is 5.75 Å². The zero-order chi connectivity index (χ0) is 32.4. The molecule has 0 radical (unpaired) electrons. The lowest BCUT2D eigenvalue weighted by atomic mass is 9.98. The third-order valence-electron chi connectivity index (χ3n) is 5.68. The number of thiazole rings is 1. The predicted octanol–water partition coefficient (Wildman–Crippen LogP) is -2.81. The summed E-state index contributed by atoms with van der Waals surface area (Å²) < 4.78 is 33.9. The standard InChI is InChI=1S/C21H23N7O13S2/c1-21(2,19(36)37)41-26-14(8-7-42-20(22)24-8)17(34)25-15-10(28(18(15)35)43(38,39)40)4-23-16(33)9-3-11(29)12(30)5-27(9)6-13(31)32/h3,5,7,10,15,30H,4,6H2,1-2H3,(H2,22,24)(H,23,33)(H,25,34)(H,31,32)(H,36,37)(H,38,39,40)/b26-14-/t10-,15+/m1/s1. The van der Waals surface area contributed by atoms with Gasteiger partial charge in [-0.25, -0.2) is 14.1 Å². The number of nitrogens with one attached hydrogen (secondary N) is 2. The first-order chi connectivity index (χ1) is 19.8. The van der Waals surface area contributed by atoms with E-state index in [1.807, 2.05) is 0 Å². The van der Waals surface area contributed by atoms with Gasteiger partial charge in [0, 0.05) is 18.0 Å². The van der Waals surface area contributed by atoms with Crippen molar-refractivity contribution in [2.45, 2.75) is 38.1 Å². The molecule has 3 amide bonds. The second-order valence-corrected chi connectivity index (χ2v) is 11.4. The van der Waals surface area contributed by atoms with Crippen LogP contribution in [-0.2, 0) is 40.9 Å². The van der Waals surface area contributed by atoms with E-state index in [-0.39, 0.29) is 15.1 Å². The molecule has 0 saturated carbocycles. The Morgan fingerprint density at radius 2 is 1.88 bits per heavy atom. The summed E-state index contributed by atoms with van der Waals surface area (Å²) in [6.45, 7) is 0.590. The minimum atomic E-state index is -5.22. The number of aromatic hydroxyl groups is 1. The van der Waals surface area contributed by atoms with Crippen LogP contribution < -0.4 is 21.8 Å². The van der Waals surface area contributed by atoms with Crippen LogP contribution in [0.3, 0.4) is 0 Å². The normalized spacial score (nSPS) is 17.1. The minimum Gasteiger partial charge on any atom is -0.503 e. The monoisotopic (exact) mass is 645 g/mol. The van der Waals surface area contributed by atoms with Crippen LogP contribution in [0, 0.1) is 0 Å². The highest BCUT2D eigenvalue weighted by molar-refractivity contribution is 7.84. The summed E-state index contributed by atoms with van der Waals surface area (Å²) in [4.78, 5) is 81.8. The van der Waals surface area contributed by atoms with E-state index >= 15 is 0 Å². The molecule has 0 bridgehead atoms. The van der Waals surface area contributed by atoms with E-state index in [0.717, 1.165) is 25.2 Å². The van der Waals surface area contributed by atoms with Gasteiger partial charge in [-0.15, -0.1) is 11.3 Å². The number of oxime groups is 1. The topological polar surface area (TPSA) is 310 Å². The van der Waals surface area contributed by atoms with Crippen LogP contribution in [-0.4, -0.2) is 102 Å². The number of carboxylic acids is 2. The van der Waals surface area contributed by atoms with E-state index in [1.54, 1.807) is 0 Å². The molecular weight excluding hydrogens is 622 g/mol. The summed E-state index contributed by atoms with van der Waals surface area (Å²) in [5.74, 6) is -7.47. The van der Waals surface area contributed by atoms with Crippen molar-refractivity contribution in [1.29, 1.82) is 0 Å². The van der Waals surface area contributed by atoms with Crippen LogP contribution in [0.2, 0.25) is 0 Å². The van der Waals surface area contributed by atoms with E-state index in [2.05, 4.69) is 20.8 Å². The number of amides is 3. The second kappa shape index (κ2) is 12.0. The third-order valence-corrected chi connectivity index (χ3v) is 7.30. The largest absolute Gasteiger partial charge is 0.503 e. The molecule has 232 valence electrons. The zero-order valence-electron chi connectivity index (χ0n) is 21.9. The number of pyridine rings is 1. The average molecular weight is 646 g/mol. The van der Waals surface area contributed by atoms with E-state index < -0.39 is 93.3 Å². The fraction of sp³-hybridized carbons (Fsp3) is 0.333. The second-order valence-electron chi connectivity index (χ2n) is 9.19. The summed E-state index contributed by atoms with van der Waals surface area (Å²) in [6.07, 6.45) is 0.686.